The van der Waals surface area contributed by atoms with Gasteiger partial charge in [-0.15, -0.1) is 0 Å². The van der Waals surface area contributed by atoms with Crippen LogP contribution in [0.25, 0.3) is 0 Å². The van der Waals surface area contributed by atoms with Crippen LogP contribution in [0, 0.1) is 0 Å². The second-order valence-electron chi connectivity index (χ2n) is 1.30. The molecular weight excluding hydrogens is 142 g/mol. The van der Waals surface area contributed by atoms with Crippen LogP contribution in [0.4, 0.5) is 0 Å². The molecule has 8 heavy (non-hydrogen) atoms. The molecule has 0 aliphatic rings. The zero-order valence-electron chi connectivity index (χ0n) is 5.10. The van der Waals surface area contributed by atoms with Crippen molar-refractivity contribution in [1.29, 1.82) is 0 Å². The Hall–Kier alpha value is 0.420. The third kappa shape index (κ3) is 4.58. The number of rotatable bonds is 3. The molecule has 0 aromatic carbocycles. The van der Waals surface area contributed by atoms with E-state index in [1.807, 2.05) is 18.8 Å². The molecule has 0 saturated carbocycles. The lowest BCUT2D eigenvalue weighted by molar-refractivity contribution is 0.256. The maximum atomic E-state index is 5.73. The average molecular weight is 153 g/mol. The van der Waals surface area contributed by atoms with Gasteiger partial charge in [0.15, 0.2) is 0 Å². The van der Waals surface area contributed by atoms with Crippen LogP contribution in [0.15, 0.2) is 11.9 Å². The molecule has 48 valence electrons. The Kier molecular flexibility index (Phi) is 5.85. The van der Waals surface area contributed by atoms with Crippen LogP contribution in [-0.2, 0) is 4.74 Å². The largest absolute Gasteiger partial charge is 0.379 e. The highest BCUT2D eigenvalue weighted by Crippen LogP contribution is 2.42. The van der Waals surface area contributed by atoms with Gasteiger partial charge < -0.3 is 4.74 Å². The highest BCUT2D eigenvalue weighted by Gasteiger charge is 1.93. The Morgan fingerprint density at radius 2 is 2.38 bits per heavy atom. The van der Waals surface area contributed by atoms with Gasteiger partial charge in [0.2, 0.25) is 0 Å². The predicted molar refractivity (Wildman–Crippen MR) is 39.5 cm³/mol. The van der Waals surface area contributed by atoms with E-state index < -0.39 is 7.27 Å². The van der Waals surface area contributed by atoms with Crippen molar-refractivity contribution in [2.24, 2.45) is 0 Å². The van der Waals surface area contributed by atoms with Crippen molar-refractivity contribution in [3.05, 3.63) is 11.9 Å². The Bertz CT molecular complexity index is 74.8. The molecule has 1 unspecified atom stereocenters. The van der Waals surface area contributed by atoms with Crippen molar-refractivity contribution < 1.29 is 4.74 Å². The van der Waals surface area contributed by atoms with Gasteiger partial charge in [0.05, 0.1) is 6.35 Å². The van der Waals surface area contributed by atoms with Crippen LogP contribution in [0.1, 0.15) is 6.92 Å². The van der Waals surface area contributed by atoms with Crippen LogP contribution in [0.3, 0.4) is 0 Å². The van der Waals surface area contributed by atoms with E-state index >= 15 is 0 Å². The first-order valence-corrected chi connectivity index (χ1v) is 4.85. The zero-order chi connectivity index (χ0) is 6.41. The Morgan fingerprint density at radius 1 is 1.75 bits per heavy atom. The summed E-state index contributed by atoms with van der Waals surface area (Å²) in [4.78, 5) is 0. The molecule has 0 amide bonds. The molecule has 0 saturated heterocycles. The summed E-state index contributed by atoms with van der Waals surface area (Å²) >= 11 is 5.73. The van der Waals surface area contributed by atoms with Crippen molar-refractivity contribution in [3.8, 4) is 0 Å². The zero-order valence-corrected chi connectivity index (χ0v) is 6.75. The van der Waals surface area contributed by atoms with Gasteiger partial charge in [-0.05, 0) is 12.7 Å². The highest BCUT2D eigenvalue weighted by molar-refractivity contribution is 7.86. The van der Waals surface area contributed by atoms with Gasteiger partial charge in [-0.3, -0.25) is 0 Å². The van der Waals surface area contributed by atoms with E-state index in [0.717, 1.165) is 0 Å². The molecule has 0 aliphatic heterocycles. The third-order valence-corrected chi connectivity index (χ3v) is 2.32. The van der Waals surface area contributed by atoms with Gasteiger partial charge in [-0.2, -0.15) is 0 Å². The van der Waals surface area contributed by atoms with Gasteiger partial charge in [0.25, 0.3) is 0 Å². The molecule has 0 rings (SSSR count). The van der Waals surface area contributed by atoms with Crippen molar-refractivity contribution in [1.82, 2.24) is 0 Å². The molecule has 1 atom stereocenters. The SMILES string of the molecule is CC=CP(Cl)COC. The molecule has 0 aliphatic carbocycles. The van der Waals surface area contributed by atoms with Crippen molar-refractivity contribution in [2.45, 2.75) is 6.92 Å². The Balaban J connectivity index is 3.17. The fourth-order valence-corrected chi connectivity index (χ4v) is 1.62. The average Bonchev–Trinajstić information content (AvgIpc) is 1.68. The fraction of sp³-hybridized carbons (Fsp3) is 0.600. The number of methoxy groups -OCH3 is 1. The van der Waals surface area contributed by atoms with E-state index in [9.17, 15) is 0 Å². The van der Waals surface area contributed by atoms with Gasteiger partial charge >= 0.3 is 0 Å². The van der Waals surface area contributed by atoms with E-state index in [4.69, 9.17) is 16.0 Å². The maximum Gasteiger partial charge on any atom is 0.0833 e. The van der Waals surface area contributed by atoms with Gasteiger partial charge in [0.1, 0.15) is 0 Å². The van der Waals surface area contributed by atoms with E-state index in [1.54, 1.807) is 7.11 Å². The Labute approximate surface area is 56.2 Å². The van der Waals surface area contributed by atoms with Gasteiger partial charge in [-0.25, -0.2) is 0 Å². The number of ether oxygens (including phenoxy) is 1. The lowest BCUT2D eigenvalue weighted by Crippen LogP contribution is -1.77. The van der Waals surface area contributed by atoms with Crippen molar-refractivity contribution in [2.75, 3.05) is 13.5 Å². The second kappa shape index (κ2) is 5.55. The summed E-state index contributed by atoms with van der Waals surface area (Å²) in [6.45, 7) is 1.95. The lowest BCUT2D eigenvalue weighted by atomic mass is 10.8. The van der Waals surface area contributed by atoms with Crippen LogP contribution in [-0.4, -0.2) is 13.5 Å². The summed E-state index contributed by atoms with van der Waals surface area (Å²) in [7, 11) is 1.14. The highest BCUT2D eigenvalue weighted by atomic mass is 35.7. The topological polar surface area (TPSA) is 9.23 Å². The quantitative estimate of drug-likeness (QED) is 0.565. The van der Waals surface area contributed by atoms with Crippen LogP contribution < -0.4 is 0 Å². The standard InChI is InChI=1S/C5H10ClOP/c1-3-4-8(6)5-7-2/h3-4H,5H2,1-2H3. The van der Waals surface area contributed by atoms with E-state index in [-0.39, 0.29) is 0 Å². The molecule has 0 aromatic rings. The summed E-state index contributed by atoms with van der Waals surface area (Å²) in [5.41, 5.74) is 0. The van der Waals surface area contributed by atoms with Crippen molar-refractivity contribution >= 4 is 18.5 Å². The van der Waals surface area contributed by atoms with E-state index in [0.29, 0.717) is 6.35 Å². The van der Waals surface area contributed by atoms with Crippen LogP contribution >= 0.6 is 18.5 Å². The molecule has 3 heteroatoms. The number of halogens is 1. The molecule has 0 radical (unpaired) electrons. The molecule has 1 nitrogen and oxygen atoms in total. The normalized spacial score (nSPS) is 14.9. The van der Waals surface area contributed by atoms with Crippen LogP contribution in [0.5, 0.6) is 0 Å². The molecule has 0 aromatic heterocycles. The first kappa shape index (κ1) is 8.42. The van der Waals surface area contributed by atoms with Crippen LogP contribution in [0.2, 0.25) is 0 Å². The lowest BCUT2D eigenvalue weighted by Gasteiger charge is -1.98. The number of hydrogen-bond donors (Lipinski definition) is 0. The minimum Gasteiger partial charge on any atom is -0.379 e. The fourth-order valence-electron chi connectivity index (χ4n) is 0.328. The summed E-state index contributed by atoms with van der Waals surface area (Å²) in [6.07, 6.45) is 2.60. The van der Waals surface area contributed by atoms with Crippen molar-refractivity contribution in [3.63, 3.8) is 0 Å². The molecule has 0 heterocycles. The Morgan fingerprint density at radius 3 is 2.75 bits per heavy atom. The maximum absolute atomic E-state index is 5.73. The second-order valence-corrected chi connectivity index (χ2v) is 3.96. The van der Waals surface area contributed by atoms with Gasteiger partial charge in [-0.1, -0.05) is 17.3 Å². The molecular formula is C5H10ClOP. The number of allylic oxidation sites excluding steroid dienone is 1. The summed E-state index contributed by atoms with van der Waals surface area (Å²) in [5.74, 6) is 1.96. The molecule has 0 fully saturated rings. The predicted octanol–water partition coefficient (Wildman–Crippen LogP) is 2.76. The smallest absolute Gasteiger partial charge is 0.0833 e. The monoisotopic (exact) mass is 152 g/mol. The third-order valence-electron chi connectivity index (χ3n) is 0.563. The summed E-state index contributed by atoms with van der Waals surface area (Å²) < 4.78 is 4.80. The molecule has 0 bridgehead atoms. The first-order valence-electron chi connectivity index (χ1n) is 2.35. The summed E-state index contributed by atoms with van der Waals surface area (Å²) in [6, 6.07) is 0. The van der Waals surface area contributed by atoms with E-state index in [1.165, 1.54) is 0 Å². The molecule has 0 spiro atoms. The minimum absolute atomic E-state index is 0.511. The molecule has 0 N–H and O–H groups in total. The summed E-state index contributed by atoms with van der Waals surface area (Å²) in [5, 5.41) is 0. The first-order chi connectivity index (χ1) is 3.81. The van der Waals surface area contributed by atoms with Gasteiger partial charge in [0, 0.05) is 14.4 Å². The number of hydrogen-bond acceptors (Lipinski definition) is 1. The minimum atomic E-state index is -0.511. The van der Waals surface area contributed by atoms with E-state index in [2.05, 4.69) is 0 Å².